The number of hydrogen-bond donors (Lipinski definition) is 2. The molecule has 0 saturated carbocycles. The summed E-state index contributed by atoms with van der Waals surface area (Å²) in [6.45, 7) is 3.46. The van der Waals surface area contributed by atoms with Gasteiger partial charge in [0.15, 0.2) is 6.61 Å². The smallest absolute Gasteiger partial charge is 0.306 e. The van der Waals surface area contributed by atoms with Gasteiger partial charge < -0.3 is 20.1 Å². The van der Waals surface area contributed by atoms with Crippen LogP contribution in [-0.2, 0) is 19.1 Å². The highest BCUT2D eigenvalue weighted by Crippen LogP contribution is 2.15. The fourth-order valence-electron chi connectivity index (χ4n) is 2.58. The van der Waals surface area contributed by atoms with Crippen molar-refractivity contribution in [1.82, 2.24) is 0 Å². The van der Waals surface area contributed by atoms with Crippen molar-refractivity contribution in [3.8, 4) is 5.75 Å². The van der Waals surface area contributed by atoms with Crippen LogP contribution in [0.3, 0.4) is 0 Å². The van der Waals surface area contributed by atoms with Gasteiger partial charge in [0.2, 0.25) is 5.91 Å². The van der Waals surface area contributed by atoms with Gasteiger partial charge in [0, 0.05) is 17.8 Å². The maximum Gasteiger partial charge on any atom is 0.306 e. The Morgan fingerprint density at radius 2 is 1.43 bits per heavy atom. The van der Waals surface area contributed by atoms with Crippen molar-refractivity contribution in [3.63, 3.8) is 0 Å². The molecule has 7 heteroatoms. The Kier molecular flexibility index (Phi) is 7.56. The Labute approximate surface area is 164 Å². The lowest BCUT2D eigenvalue weighted by Crippen LogP contribution is -2.21. The van der Waals surface area contributed by atoms with Crippen LogP contribution in [0.2, 0.25) is 0 Å². The molecular formula is C21H24N2O5. The van der Waals surface area contributed by atoms with E-state index in [9.17, 15) is 14.4 Å². The molecule has 28 heavy (non-hydrogen) atoms. The Morgan fingerprint density at radius 3 is 2.04 bits per heavy atom. The zero-order valence-corrected chi connectivity index (χ0v) is 16.2. The second-order valence-corrected chi connectivity index (χ2v) is 6.36. The van der Waals surface area contributed by atoms with Crippen molar-refractivity contribution in [2.45, 2.75) is 26.7 Å². The number of anilines is 2. The molecule has 0 aliphatic carbocycles. The topological polar surface area (TPSA) is 93.7 Å². The summed E-state index contributed by atoms with van der Waals surface area (Å²) in [5.74, 6) is -0.677. The third-order valence-corrected chi connectivity index (χ3v) is 3.80. The van der Waals surface area contributed by atoms with E-state index in [0.717, 1.165) is 11.1 Å². The number of esters is 1. The number of ether oxygens (including phenoxy) is 2. The minimum Gasteiger partial charge on any atom is -0.497 e. The number of hydrogen-bond acceptors (Lipinski definition) is 5. The number of benzene rings is 2. The van der Waals surface area contributed by atoms with Crippen LogP contribution in [0.4, 0.5) is 11.4 Å². The molecule has 0 radical (unpaired) electrons. The first-order chi connectivity index (χ1) is 13.4. The fourth-order valence-corrected chi connectivity index (χ4v) is 2.58. The standard InChI is InChI=1S/C21H24N2O5/c1-14-10-15(2)12-17(11-14)23-20(25)13-28-21(26)9-8-19(24)22-16-4-6-18(27-3)7-5-16/h4-7,10-12H,8-9,13H2,1-3H3,(H,22,24)(H,23,25). The van der Waals surface area contributed by atoms with Crippen LogP contribution in [0, 0.1) is 13.8 Å². The molecule has 0 heterocycles. The highest BCUT2D eigenvalue weighted by atomic mass is 16.5. The van der Waals surface area contributed by atoms with Crippen LogP contribution in [-0.4, -0.2) is 31.5 Å². The number of aryl methyl sites for hydroxylation is 2. The average molecular weight is 384 g/mol. The van der Waals surface area contributed by atoms with Gasteiger partial charge in [0.05, 0.1) is 13.5 Å². The lowest BCUT2D eigenvalue weighted by Gasteiger charge is -2.09. The van der Waals surface area contributed by atoms with E-state index in [4.69, 9.17) is 9.47 Å². The van der Waals surface area contributed by atoms with Crippen molar-refractivity contribution in [2.24, 2.45) is 0 Å². The van der Waals surface area contributed by atoms with Crippen molar-refractivity contribution < 1.29 is 23.9 Å². The third-order valence-electron chi connectivity index (χ3n) is 3.80. The maximum atomic E-state index is 11.9. The van der Waals surface area contributed by atoms with E-state index in [-0.39, 0.29) is 18.7 Å². The van der Waals surface area contributed by atoms with Crippen molar-refractivity contribution in [1.29, 1.82) is 0 Å². The first-order valence-corrected chi connectivity index (χ1v) is 8.83. The molecule has 0 fully saturated rings. The highest BCUT2D eigenvalue weighted by molar-refractivity contribution is 5.94. The summed E-state index contributed by atoms with van der Waals surface area (Å²) >= 11 is 0. The van der Waals surface area contributed by atoms with Gasteiger partial charge in [-0.1, -0.05) is 6.07 Å². The van der Waals surface area contributed by atoms with E-state index in [2.05, 4.69) is 10.6 Å². The number of rotatable bonds is 8. The fraction of sp³-hybridized carbons (Fsp3) is 0.286. The zero-order valence-electron chi connectivity index (χ0n) is 16.2. The normalized spacial score (nSPS) is 10.1. The predicted octanol–water partition coefficient (Wildman–Crippen LogP) is 3.21. The molecule has 7 nitrogen and oxygen atoms in total. The second-order valence-electron chi connectivity index (χ2n) is 6.36. The average Bonchev–Trinajstić information content (AvgIpc) is 2.64. The number of amides is 2. The maximum absolute atomic E-state index is 11.9. The number of methoxy groups -OCH3 is 1. The molecule has 0 aliphatic heterocycles. The SMILES string of the molecule is COc1ccc(NC(=O)CCC(=O)OCC(=O)Nc2cc(C)cc(C)c2)cc1. The van der Waals surface area contributed by atoms with E-state index in [1.165, 1.54) is 0 Å². The molecule has 0 unspecified atom stereocenters. The van der Waals surface area contributed by atoms with Gasteiger partial charge in [0.1, 0.15) is 5.75 Å². The third kappa shape index (κ3) is 7.11. The lowest BCUT2D eigenvalue weighted by atomic mass is 10.1. The molecule has 2 rings (SSSR count). The summed E-state index contributed by atoms with van der Waals surface area (Å²) in [5, 5.41) is 5.36. The molecule has 2 aromatic carbocycles. The van der Waals surface area contributed by atoms with Crippen LogP contribution >= 0.6 is 0 Å². The van der Waals surface area contributed by atoms with Crippen molar-refractivity contribution >= 4 is 29.2 Å². The number of nitrogens with one attached hydrogen (secondary N) is 2. The molecule has 0 atom stereocenters. The minimum atomic E-state index is -0.611. The second kappa shape index (κ2) is 10.1. The Balaban J connectivity index is 1.69. The molecular weight excluding hydrogens is 360 g/mol. The summed E-state index contributed by atoms with van der Waals surface area (Å²) in [6.07, 6.45) is -0.150. The quantitative estimate of drug-likeness (QED) is 0.682. The largest absolute Gasteiger partial charge is 0.497 e. The van der Waals surface area contributed by atoms with E-state index < -0.39 is 18.5 Å². The summed E-state index contributed by atoms with van der Waals surface area (Å²) in [5.41, 5.74) is 3.30. The summed E-state index contributed by atoms with van der Waals surface area (Å²) in [6, 6.07) is 12.5. The highest BCUT2D eigenvalue weighted by Gasteiger charge is 2.11. The van der Waals surface area contributed by atoms with Gasteiger partial charge in [-0.15, -0.1) is 0 Å². The molecule has 2 aromatic rings. The van der Waals surface area contributed by atoms with Gasteiger partial charge in [-0.2, -0.15) is 0 Å². The molecule has 0 aromatic heterocycles. The molecule has 2 N–H and O–H groups in total. The van der Waals surface area contributed by atoms with E-state index in [0.29, 0.717) is 17.1 Å². The van der Waals surface area contributed by atoms with Crippen molar-refractivity contribution in [2.75, 3.05) is 24.4 Å². The van der Waals surface area contributed by atoms with Gasteiger partial charge in [-0.05, 0) is 61.4 Å². The predicted molar refractivity (Wildman–Crippen MR) is 106 cm³/mol. The molecule has 0 aliphatic rings. The molecule has 2 amide bonds. The summed E-state index contributed by atoms with van der Waals surface area (Å²) < 4.78 is 9.96. The van der Waals surface area contributed by atoms with Crippen molar-refractivity contribution in [3.05, 3.63) is 53.6 Å². The van der Waals surface area contributed by atoms with Crippen LogP contribution in [0.15, 0.2) is 42.5 Å². The summed E-state index contributed by atoms with van der Waals surface area (Å²) in [4.78, 5) is 35.5. The Hall–Kier alpha value is -3.35. The first-order valence-electron chi connectivity index (χ1n) is 8.83. The monoisotopic (exact) mass is 384 g/mol. The minimum absolute atomic E-state index is 0.0381. The zero-order chi connectivity index (χ0) is 20.5. The van der Waals surface area contributed by atoms with Crippen LogP contribution < -0.4 is 15.4 Å². The Morgan fingerprint density at radius 1 is 0.821 bits per heavy atom. The van der Waals surface area contributed by atoms with Crippen LogP contribution in [0.1, 0.15) is 24.0 Å². The molecule has 0 bridgehead atoms. The lowest BCUT2D eigenvalue weighted by molar-refractivity contribution is -0.147. The van der Waals surface area contributed by atoms with Crippen LogP contribution in [0.25, 0.3) is 0 Å². The molecule has 0 spiro atoms. The van der Waals surface area contributed by atoms with Crippen LogP contribution in [0.5, 0.6) is 5.75 Å². The molecule has 148 valence electrons. The van der Waals surface area contributed by atoms with Gasteiger partial charge in [-0.3, -0.25) is 14.4 Å². The molecule has 0 saturated heterocycles. The van der Waals surface area contributed by atoms with E-state index in [1.807, 2.05) is 32.0 Å². The number of carbonyl (C=O) groups is 3. The summed E-state index contributed by atoms with van der Waals surface area (Å²) in [7, 11) is 1.56. The van der Waals surface area contributed by atoms with Gasteiger partial charge in [0.25, 0.3) is 5.91 Å². The van der Waals surface area contributed by atoms with E-state index >= 15 is 0 Å². The van der Waals surface area contributed by atoms with Gasteiger partial charge >= 0.3 is 5.97 Å². The first kappa shape index (κ1) is 21.0. The Bertz CT molecular complexity index is 826. The number of carbonyl (C=O) groups excluding carboxylic acids is 3. The van der Waals surface area contributed by atoms with Gasteiger partial charge in [-0.25, -0.2) is 0 Å². The van der Waals surface area contributed by atoms with E-state index in [1.54, 1.807) is 31.4 Å².